The maximum Gasteiger partial charge on any atom is 4.00 e. The standard InChI is InChI=1S/7FH.Zr/h7*1H;/q;;;;;;;+4/p-4. The third-order valence-corrected chi connectivity index (χ3v) is 0. The molecule has 0 bridgehead atoms. The van der Waals surface area contributed by atoms with Crippen LogP contribution in [0.5, 0.6) is 0 Å². The number of hydrogen-bond acceptors (Lipinski definition) is 0. The van der Waals surface area contributed by atoms with Crippen molar-refractivity contribution in [2.75, 3.05) is 0 Å². The van der Waals surface area contributed by atoms with Gasteiger partial charge in [-0.3, -0.25) is 14.1 Å². The first kappa shape index (κ1) is 2970. The van der Waals surface area contributed by atoms with Crippen LogP contribution in [-0.4, -0.2) is 0 Å². The molecule has 0 radical (unpaired) electrons. The summed E-state index contributed by atoms with van der Waals surface area (Å²) in [6.45, 7) is 0. The van der Waals surface area contributed by atoms with Crippen molar-refractivity contribution >= 4 is 0 Å². The van der Waals surface area contributed by atoms with Crippen molar-refractivity contribution in [2.24, 2.45) is 0 Å². The van der Waals surface area contributed by atoms with Crippen molar-refractivity contribution in [1.29, 1.82) is 0 Å². The van der Waals surface area contributed by atoms with Crippen molar-refractivity contribution in [1.82, 2.24) is 0 Å². The second-order valence-electron chi connectivity index (χ2n) is 0. The molecule has 0 atom stereocenters. The Hall–Kier alpha value is 0.393. The zero-order chi connectivity index (χ0) is 0. The van der Waals surface area contributed by atoms with E-state index in [-0.39, 0.29) is 59.1 Å². The summed E-state index contributed by atoms with van der Waals surface area (Å²) in [6, 6.07) is 0. The molecule has 0 heterocycles. The zero-order valence-electron chi connectivity index (χ0n) is 3.24. The van der Waals surface area contributed by atoms with Crippen LogP contribution in [0.15, 0.2) is 0 Å². The van der Waals surface area contributed by atoms with E-state index in [9.17, 15) is 0 Å². The van der Waals surface area contributed by atoms with Gasteiger partial charge in [-0.1, -0.05) is 0 Å². The van der Waals surface area contributed by atoms with Gasteiger partial charge in [0.15, 0.2) is 0 Å². The third kappa shape index (κ3) is 1200. The zero-order valence-corrected chi connectivity index (χ0v) is 5.69. The first-order valence-corrected chi connectivity index (χ1v) is 0. The van der Waals surface area contributed by atoms with Crippen molar-refractivity contribution in [3.63, 3.8) is 0 Å². The van der Waals surface area contributed by atoms with E-state index >= 15 is 0 Å². The van der Waals surface area contributed by atoms with Crippen LogP contribution in [0.3, 0.4) is 0 Å². The maximum atomic E-state index is 0. The molecule has 0 aliphatic heterocycles. The molecule has 0 aromatic carbocycles. The van der Waals surface area contributed by atoms with E-state index in [1.807, 2.05) is 0 Å². The van der Waals surface area contributed by atoms with E-state index in [4.69, 9.17) is 0 Å². The summed E-state index contributed by atoms with van der Waals surface area (Å²) >= 11 is 0. The van der Waals surface area contributed by atoms with Crippen LogP contribution in [0.4, 0.5) is 14.1 Å². The minimum Gasteiger partial charge on any atom is -1.00 e. The van der Waals surface area contributed by atoms with Gasteiger partial charge in [0.1, 0.15) is 0 Å². The summed E-state index contributed by atoms with van der Waals surface area (Å²) in [6.07, 6.45) is 0. The van der Waals surface area contributed by atoms with Gasteiger partial charge >= 0.3 is 26.2 Å². The second-order valence-corrected chi connectivity index (χ2v) is 0. The Morgan fingerprint density at radius 1 is 0.375 bits per heavy atom. The van der Waals surface area contributed by atoms with Crippen LogP contribution >= 0.6 is 0 Å². The maximum absolute atomic E-state index is 0. The summed E-state index contributed by atoms with van der Waals surface area (Å²) < 4.78 is 0. The molecule has 0 aromatic rings. The van der Waals surface area contributed by atoms with Crippen LogP contribution < -0.4 is 18.8 Å². The molecule has 0 aromatic heterocycles. The van der Waals surface area contributed by atoms with Gasteiger partial charge in [-0.05, 0) is 0 Å². The molecule has 0 aliphatic carbocycles. The van der Waals surface area contributed by atoms with Crippen LogP contribution in [0.2, 0.25) is 0 Å². The molecule has 8 heteroatoms. The molecule has 0 nitrogen and oxygen atoms in total. The predicted molar refractivity (Wildman–Crippen MR) is 7.51 cm³/mol. The van der Waals surface area contributed by atoms with E-state index in [1.165, 1.54) is 0 Å². The van der Waals surface area contributed by atoms with Gasteiger partial charge in [-0.15, -0.1) is 0 Å². The molecule has 8 heavy (non-hydrogen) atoms. The fourth-order valence-corrected chi connectivity index (χ4v) is 0. The molecule has 0 saturated carbocycles. The van der Waals surface area contributed by atoms with Gasteiger partial charge in [-0.25, -0.2) is 0 Å². The van der Waals surface area contributed by atoms with E-state index in [1.54, 1.807) is 0 Å². The Kier molecular flexibility index (Phi) is 726000. The van der Waals surface area contributed by atoms with Crippen molar-refractivity contribution in [3.8, 4) is 0 Å². The Balaban J connectivity index is 0. The molecule has 0 saturated heterocycles. The average molecular weight is 227 g/mol. The van der Waals surface area contributed by atoms with Crippen LogP contribution in [0, 0.1) is 0 Å². The Morgan fingerprint density at radius 3 is 0.375 bits per heavy atom. The number of rotatable bonds is 0. The van der Waals surface area contributed by atoms with Gasteiger partial charge < -0.3 is 18.8 Å². The van der Waals surface area contributed by atoms with E-state index in [2.05, 4.69) is 0 Å². The van der Waals surface area contributed by atoms with Crippen LogP contribution in [0.1, 0.15) is 0 Å². The SMILES string of the molecule is F.F.F.[F-].[F-].[F-].[F-].[Zr+4]. The van der Waals surface area contributed by atoms with Crippen LogP contribution in [0.25, 0.3) is 0 Å². The van der Waals surface area contributed by atoms with Gasteiger partial charge in [0, 0.05) is 0 Å². The fourth-order valence-electron chi connectivity index (χ4n) is 0. The molecular weight excluding hydrogens is 224 g/mol. The first-order chi connectivity index (χ1) is 0. The molecule has 0 spiro atoms. The van der Waals surface area contributed by atoms with E-state index in [0.717, 1.165) is 0 Å². The van der Waals surface area contributed by atoms with Gasteiger partial charge in [0.05, 0.1) is 0 Å². The van der Waals surface area contributed by atoms with Crippen LogP contribution in [-0.2, 0) is 26.2 Å². The smallest absolute Gasteiger partial charge is 1.00 e. The van der Waals surface area contributed by atoms with E-state index in [0.29, 0.717) is 0 Å². The van der Waals surface area contributed by atoms with Gasteiger partial charge in [-0.2, -0.15) is 0 Å². The molecule has 0 aliphatic rings. The summed E-state index contributed by atoms with van der Waals surface area (Å²) in [5.41, 5.74) is 0. The average Bonchev–Trinajstić information content (AvgIpc) is 0. The minimum atomic E-state index is 0. The number of halogens is 7. The molecule has 0 rings (SSSR count). The number of hydrogen-bond donors (Lipinski definition) is 0. The third-order valence-electron chi connectivity index (χ3n) is 0. The topological polar surface area (TPSA) is 0 Å². The summed E-state index contributed by atoms with van der Waals surface area (Å²) in [5, 5.41) is 0. The van der Waals surface area contributed by atoms with Gasteiger partial charge in [0.25, 0.3) is 0 Å². The van der Waals surface area contributed by atoms with Crippen molar-refractivity contribution in [3.05, 3.63) is 0 Å². The van der Waals surface area contributed by atoms with E-state index < -0.39 is 0 Å². The quantitative estimate of drug-likeness (QED) is 0.361. The minimum absolute atomic E-state index is 0. The fraction of sp³-hybridized carbons (Fsp3) is 0. The van der Waals surface area contributed by atoms with Crippen molar-refractivity contribution in [2.45, 2.75) is 0 Å². The molecule has 0 fully saturated rings. The normalized spacial score (nSPS) is 0. The Labute approximate surface area is 59.7 Å². The largest absolute Gasteiger partial charge is 4.00 e. The first-order valence-electron chi connectivity index (χ1n) is 0. The summed E-state index contributed by atoms with van der Waals surface area (Å²) in [5.74, 6) is 0. The summed E-state index contributed by atoms with van der Waals surface area (Å²) in [7, 11) is 0. The predicted octanol–water partition coefficient (Wildman–Crippen LogP) is -11.5. The molecule has 0 N–H and O–H groups in total. The second kappa shape index (κ2) is 1960. The molecule has 0 unspecified atom stereocenters. The molecule has 0 amide bonds. The van der Waals surface area contributed by atoms with Crippen molar-refractivity contribution < 1.29 is 59.1 Å². The Bertz CT molecular complexity index is 4.35. The monoisotopic (exact) mass is 226 g/mol. The summed E-state index contributed by atoms with van der Waals surface area (Å²) in [4.78, 5) is 0. The molecular formula is H3F7Zr. The van der Waals surface area contributed by atoms with Gasteiger partial charge in [0.2, 0.25) is 0 Å². The molecule has 56 valence electrons. The Morgan fingerprint density at radius 2 is 0.375 bits per heavy atom.